The number of carbonyl (C=O) groups is 1. The number of rotatable bonds is 6. The highest BCUT2D eigenvalue weighted by Crippen LogP contribution is 2.30. The normalized spacial score (nSPS) is 14.8. The van der Waals surface area contributed by atoms with Gasteiger partial charge in [-0.1, -0.05) is 0 Å². The summed E-state index contributed by atoms with van der Waals surface area (Å²) in [6.45, 7) is 1.79. The number of likely N-dealkylation sites (N-methyl/N-ethyl adjacent to an activating group) is 1. The van der Waals surface area contributed by atoms with Crippen LogP contribution in [0.25, 0.3) is 0 Å². The van der Waals surface area contributed by atoms with Crippen LogP contribution in [0.3, 0.4) is 0 Å². The predicted octanol–water partition coefficient (Wildman–Crippen LogP) is 1.20. The summed E-state index contributed by atoms with van der Waals surface area (Å²) in [5, 5.41) is 7.19. The number of nitrogens with zero attached hydrogens (tertiary/aromatic N) is 1. The van der Waals surface area contributed by atoms with E-state index in [0.717, 1.165) is 30.9 Å². The molecule has 0 aromatic carbocycles. The van der Waals surface area contributed by atoms with E-state index in [2.05, 4.69) is 15.5 Å². The average molecular weight is 268 g/mol. The van der Waals surface area contributed by atoms with Gasteiger partial charge in [-0.3, -0.25) is 4.79 Å². The van der Waals surface area contributed by atoms with E-state index in [1.165, 1.54) is 11.3 Å². The van der Waals surface area contributed by atoms with Gasteiger partial charge >= 0.3 is 0 Å². The van der Waals surface area contributed by atoms with Crippen LogP contribution in [0.4, 0.5) is 10.7 Å². The van der Waals surface area contributed by atoms with Crippen LogP contribution in [0.2, 0.25) is 0 Å². The van der Waals surface area contributed by atoms with Gasteiger partial charge in [-0.05, 0) is 33.0 Å². The molecule has 6 heteroatoms. The van der Waals surface area contributed by atoms with Gasteiger partial charge in [-0.25, -0.2) is 0 Å². The van der Waals surface area contributed by atoms with Gasteiger partial charge in [-0.15, -0.1) is 11.3 Å². The van der Waals surface area contributed by atoms with Crippen molar-refractivity contribution in [2.45, 2.75) is 18.9 Å². The number of anilines is 2. The Morgan fingerprint density at radius 1 is 1.56 bits per heavy atom. The van der Waals surface area contributed by atoms with Crippen LogP contribution in [0.5, 0.6) is 0 Å². The van der Waals surface area contributed by atoms with Crippen LogP contribution in [0.1, 0.15) is 22.5 Å². The first kappa shape index (κ1) is 13.2. The van der Waals surface area contributed by atoms with Crippen LogP contribution >= 0.6 is 11.3 Å². The smallest absolute Gasteiger partial charge is 0.263 e. The lowest BCUT2D eigenvalue weighted by atomic mass is 10.3. The fourth-order valence-corrected chi connectivity index (χ4v) is 2.46. The molecule has 1 fully saturated rings. The highest BCUT2D eigenvalue weighted by Gasteiger charge is 2.25. The Morgan fingerprint density at radius 3 is 2.89 bits per heavy atom. The van der Waals surface area contributed by atoms with Gasteiger partial charge in [0.25, 0.3) is 5.91 Å². The second-order valence-corrected chi connectivity index (χ2v) is 5.93. The number of amides is 1. The number of hydrogen-bond acceptors (Lipinski definition) is 5. The third kappa shape index (κ3) is 3.61. The standard InChI is InChI=1S/C12H20N4OS/c1-16(2)6-5-14-10-7-9(13)11(18-10)12(17)15-8-3-4-8/h7-8,14H,3-6,13H2,1-2H3,(H,15,17). The van der Waals surface area contributed by atoms with Crippen molar-refractivity contribution in [3.63, 3.8) is 0 Å². The van der Waals surface area contributed by atoms with E-state index in [1.807, 2.05) is 20.2 Å². The number of nitrogens with one attached hydrogen (secondary N) is 2. The number of carbonyl (C=O) groups excluding carboxylic acids is 1. The van der Waals surface area contributed by atoms with E-state index in [-0.39, 0.29) is 5.91 Å². The Labute approximate surface area is 111 Å². The van der Waals surface area contributed by atoms with Crippen molar-refractivity contribution in [1.82, 2.24) is 10.2 Å². The molecule has 1 saturated carbocycles. The van der Waals surface area contributed by atoms with E-state index in [1.54, 1.807) is 0 Å². The molecule has 4 N–H and O–H groups in total. The van der Waals surface area contributed by atoms with Gasteiger partial charge in [0.05, 0.1) is 10.7 Å². The minimum absolute atomic E-state index is 0.0411. The topological polar surface area (TPSA) is 70.4 Å². The monoisotopic (exact) mass is 268 g/mol. The molecular formula is C12H20N4OS. The zero-order valence-corrected chi connectivity index (χ0v) is 11.6. The van der Waals surface area contributed by atoms with Gasteiger partial charge in [0, 0.05) is 19.1 Å². The summed E-state index contributed by atoms with van der Waals surface area (Å²) < 4.78 is 0. The Bertz CT molecular complexity index is 426. The molecule has 1 aromatic heterocycles. The quantitative estimate of drug-likeness (QED) is 0.725. The molecule has 0 aliphatic heterocycles. The van der Waals surface area contributed by atoms with Crippen LogP contribution in [-0.4, -0.2) is 44.0 Å². The Kier molecular flexibility index (Phi) is 4.08. The van der Waals surface area contributed by atoms with Gasteiger partial charge in [0.15, 0.2) is 0 Å². The van der Waals surface area contributed by atoms with E-state index >= 15 is 0 Å². The average Bonchev–Trinajstić information content (AvgIpc) is 3.01. The number of hydrogen-bond donors (Lipinski definition) is 3. The summed E-state index contributed by atoms with van der Waals surface area (Å²) in [5.41, 5.74) is 6.43. The van der Waals surface area contributed by atoms with Gasteiger partial charge in [-0.2, -0.15) is 0 Å². The van der Waals surface area contributed by atoms with Crippen LogP contribution in [0.15, 0.2) is 6.07 Å². The molecule has 0 atom stereocenters. The molecule has 0 bridgehead atoms. The molecule has 18 heavy (non-hydrogen) atoms. The molecule has 100 valence electrons. The van der Waals surface area contributed by atoms with Crippen molar-refractivity contribution >= 4 is 27.9 Å². The third-order valence-corrected chi connectivity index (χ3v) is 3.85. The largest absolute Gasteiger partial charge is 0.397 e. The molecule has 1 aliphatic rings. The van der Waals surface area contributed by atoms with Crippen molar-refractivity contribution in [2.24, 2.45) is 0 Å². The van der Waals surface area contributed by atoms with Gasteiger partial charge in [0.1, 0.15) is 4.88 Å². The molecule has 0 radical (unpaired) electrons. The summed E-state index contributed by atoms with van der Waals surface area (Å²) >= 11 is 1.42. The Morgan fingerprint density at radius 2 is 2.28 bits per heavy atom. The van der Waals surface area contributed by atoms with E-state index in [4.69, 9.17) is 5.73 Å². The maximum Gasteiger partial charge on any atom is 0.263 e. The van der Waals surface area contributed by atoms with Crippen LogP contribution < -0.4 is 16.4 Å². The minimum atomic E-state index is -0.0411. The van der Waals surface area contributed by atoms with Gasteiger partial charge in [0.2, 0.25) is 0 Å². The van der Waals surface area contributed by atoms with Crippen molar-refractivity contribution < 1.29 is 4.79 Å². The first-order chi connectivity index (χ1) is 8.56. The van der Waals surface area contributed by atoms with Crippen LogP contribution in [-0.2, 0) is 0 Å². The summed E-state index contributed by atoms with van der Waals surface area (Å²) in [6.07, 6.45) is 2.18. The minimum Gasteiger partial charge on any atom is -0.397 e. The lowest BCUT2D eigenvalue weighted by Gasteiger charge is -2.09. The molecule has 1 aliphatic carbocycles. The lowest BCUT2D eigenvalue weighted by Crippen LogP contribution is -2.25. The maximum absolute atomic E-state index is 11.9. The van der Waals surface area contributed by atoms with Crippen LogP contribution in [0, 0.1) is 0 Å². The number of thiophene rings is 1. The molecule has 0 spiro atoms. The Hall–Kier alpha value is -1.27. The SMILES string of the molecule is CN(C)CCNc1cc(N)c(C(=O)NC2CC2)s1. The fourth-order valence-electron chi connectivity index (χ4n) is 1.55. The van der Waals surface area contributed by atoms with Crippen molar-refractivity contribution in [1.29, 1.82) is 0 Å². The molecular weight excluding hydrogens is 248 g/mol. The zero-order chi connectivity index (χ0) is 13.1. The third-order valence-electron chi connectivity index (χ3n) is 2.74. The fraction of sp³-hybridized carbons (Fsp3) is 0.583. The zero-order valence-electron chi connectivity index (χ0n) is 10.8. The molecule has 5 nitrogen and oxygen atoms in total. The second kappa shape index (κ2) is 5.58. The molecule has 0 unspecified atom stereocenters. The van der Waals surface area contributed by atoms with Crippen molar-refractivity contribution in [3.8, 4) is 0 Å². The van der Waals surface area contributed by atoms with Crippen molar-refractivity contribution in [3.05, 3.63) is 10.9 Å². The summed E-state index contributed by atoms with van der Waals surface area (Å²) in [5.74, 6) is -0.0411. The molecule has 0 saturated heterocycles. The summed E-state index contributed by atoms with van der Waals surface area (Å²) in [7, 11) is 4.05. The number of nitrogens with two attached hydrogens (primary N) is 1. The second-order valence-electron chi connectivity index (χ2n) is 4.87. The summed E-state index contributed by atoms with van der Waals surface area (Å²) in [4.78, 5) is 14.6. The Balaban J connectivity index is 1.90. The first-order valence-corrected chi connectivity index (χ1v) is 6.96. The highest BCUT2D eigenvalue weighted by molar-refractivity contribution is 7.18. The molecule has 1 amide bonds. The summed E-state index contributed by atoms with van der Waals surface area (Å²) in [6, 6.07) is 2.20. The predicted molar refractivity (Wildman–Crippen MR) is 76.3 cm³/mol. The molecule has 2 rings (SSSR count). The molecule has 1 heterocycles. The first-order valence-electron chi connectivity index (χ1n) is 6.15. The van der Waals surface area contributed by atoms with E-state index in [0.29, 0.717) is 16.6 Å². The highest BCUT2D eigenvalue weighted by atomic mass is 32.1. The lowest BCUT2D eigenvalue weighted by molar-refractivity contribution is 0.0956. The van der Waals surface area contributed by atoms with Gasteiger partial charge < -0.3 is 21.3 Å². The van der Waals surface area contributed by atoms with Crippen molar-refractivity contribution in [2.75, 3.05) is 38.2 Å². The van der Waals surface area contributed by atoms with E-state index in [9.17, 15) is 4.79 Å². The number of nitrogen functional groups attached to an aromatic ring is 1. The van der Waals surface area contributed by atoms with E-state index < -0.39 is 0 Å². The maximum atomic E-state index is 11.9. The molecule has 1 aromatic rings.